The maximum absolute atomic E-state index is 12.7. The molecule has 36 heavy (non-hydrogen) atoms. The van der Waals surface area contributed by atoms with Crippen molar-refractivity contribution in [3.8, 4) is 17.3 Å². The van der Waals surface area contributed by atoms with Crippen molar-refractivity contribution in [2.24, 2.45) is 0 Å². The molecule has 4 aromatic heterocycles. The molecule has 0 spiro atoms. The second-order valence-electron chi connectivity index (χ2n) is 8.73. The van der Waals surface area contributed by atoms with Gasteiger partial charge in [-0.2, -0.15) is 4.98 Å². The highest BCUT2D eigenvalue weighted by molar-refractivity contribution is 5.94. The van der Waals surface area contributed by atoms with Crippen molar-refractivity contribution in [3.63, 3.8) is 0 Å². The number of nitrogens with one attached hydrogen (secondary N) is 2. The maximum atomic E-state index is 12.7. The van der Waals surface area contributed by atoms with Gasteiger partial charge in [-0.3, -0.25) is 19.1 Å². The van der Waals surface area contributed by atoms with Gasteiger partial charge in [0.1, 0.15) is 5.52 Å². The second-order valence-corrected chi connectivity index (χ2v) is 8.73. The molecule has 0 unspecified atom stereocenters. The summed E-state index contributed by atoms with van der Waals surface area (Å²) < 4.78 is 12.1. The van der Waals surface area contributed by atoms with Crippen molar-refractivity contribution in [1.29, 1.82) is 0 Å². The van der Waals surface area contributed by atoms with E-state index in [9.17, 15) is 9.59 Å². The van der Waals surface area contributed by atoms with Crippen LogP contribution in [0.1, 0.15) is 23.4 Å². The molecule has 5 heterocycles. The van der Waals surface area contributed by atoms with Gasteiger partial charge in [0.15, 0.2) is 23.8 Å². The average molecular weight is 486 g/mol. The van der Waals surface area contributed by atoms with E-state index >= 15 is 0 Å². The van der Waals surface area contributed by atoms with E-state index in [2.05, 4.69) is 25.6 Å². The van der Waals surface area contributed by atoms with Crippen LogP contribution < -0.4 is 25.7 Å². The van der Waals surface area contributed by atoms with Crippen molar-refractivity contribution >= 4 is 22.9 Å². The van der Waals surface area contributed by atoms with Crippen LogP contribution in [0.3, 0.4) is 0 Å². The SMILES string of the molecule is COc1ccc2ncc(=O)n(-c3cnc4c(c3)CC[C@@H](NCc3ccc5c(n3)NC(=O)CO5)C4)c2n1. The quantitative estimate of drug-likeness (QED) is 0.432. The van der Waals surface area contributed by atoms with E-state index in [0.717, 1.165) is 36.2 Å². The molecule has 1 aliphatic carbocycles. The third-order valence-electron chi connectivity index (χ3n) is 6.39. The Morgan fingerprint density at radius 1 is 1.17 bits per heavy atom. The van der Waals surface area contributed by atoms with E-state index in [4.69, 9.17) is 14.5 Å². The van der Waals surface area contributed by atoms with E-state index in [1.165, 1.54) is 17.9 Å². The van der Waals surface area contributed by atoms with Crippen LogP contribution in [0.5, 0.6) is 11.6 Å². The molecule has 1 amide bonds. The Morgan fingerprint density at radius 2 is 2.08 bits per heavy atom. The molecule has 11 heteroatoms. The lowest BCUT2D eigenvalue weighted by molar-refractivity contribution is -0.118. The summed E-state index contributed by atoms with van der Waals surface area (Å²) in [4.78, 5) is 42.1. The van der Waals surface area contributed by atoms with Crippen LogP contribution in [-0.2, 0) is 24.2 Å². The van der Waals surface area contributed by atoms with Gasteiger partial charge in [0.2, 0.25) is 5.88 Å². The molecule has 2 aliphatic rings. The minimum absolute atomic E-state index is 0.0131. The lowest BCUT2D eigenvalue weighted by Gasteiger charge is -2.25. The summed E-state index contributed by atoms with van der Waals surface area (Å²) in [5.74, 6) is 1.25. The first-order valence-electron chi connectivity index (χ1n) is 11.6. The highest BCUT2D eigenvalue weighted by Crippen LogP contribution is 2.26. The first-order chi connectivity index (χ1) is 17.6. The molecule has 0 radical (unpaired) electrons. The summed E-state index contributed by atoms with van der Waals surface area (Å²) in [7, 11) is 1.53. The number of nitrogens with zero attached hydrogens (tertiary/aromatic N) is 5. The zero-order valence-corrected chi connectivity index (χ0v) is 19.5. The Labute approximate surface area is 205 Å². The van der Waals surface area contributed by atoms with Crippen molar-refractivity contribution in [1.82, 2.24) is 29.8 Å². The van der Waals surface area contributed by atoms with Gasteiger partial charge >= 0.3 is 0 Å². The minimum atomic E-state index is -0.278. The van der Waals surface area contributed by atoms with Crippen LogP contribution in [0.2, 0.25) is 0 Å². The molecule has 4 aromatic rings. The van der Waals surface area contributed by atoms with E-state index in [-0.39, 0.29) is 24.1 Å². The van der Waals surface area contributed by atoms with Crippen molar-refractivity contribution in [2.75, 3.05) is 19.0 Å². The Bertz CT molecular complexity index is 1550. The zero-order valence-electron chi connectivity index (χ0n) is 19.5. The predicted octanol–water partition coefficient (Wildman–Crippen LogP) is 1.56. The standard InChI is InChI=1S/C25H23N7O4/c1-35-22-7-5-18-25(31-22)32(23(34)12-28-18)17-8-14-2-3-15(9-19(14)27-11-17)26-10-16-4-6-20-24(29-16)30-21(33)13-36-20/h4-8,11-12,15,26H,2-3,9-10,13H2,1H3,(H,29,30,33)/t15-/m1/s1. The molecule has 1 atom stereocenters. The van der Waals surface area contributed by atoms with Crippen LogP contribution in [0.4, 0.5) is 5.82 Å². The second kappa shape index (κ2) is 9.00. The van der Waals surface area contributed by atoms with Crippen LogP contribution >= 0.6 is 0 Å². The van der Waals surface area contributed by atoms with Gasteiger partial charge in [-0.1, -0.05) is 0 Å². The van der Waals surface area contributed by atoms with E-state index in [1.54, 1.807) is 18.3 Å². The van der Waals surface area contributed by atoms with Crippen molar-refractivity contribution < 1.29 is 14.3 Å². The van der Waals surface area contributed by atoms with Crippen molar-refractivity contribution in [2.45, 2.75) is 31.8 Å². The smallest absolute Gasteiger partial charge is 0.275 e. The van der Waals surface area contributed by atoms with Crippen LogP contribution in [0, 0.1) is 0 Å². The number of anilines is 1. The fraction of sp³-hybridized carbons (Fsp3) is 0.280. The molecule has 2 N–H and O–H groups in total. The van der Waals surface area contributed by atoms with Crippen molar-refractivity contribution in [3.05, 3.63) is 70.0 Å². The molecule has 11 nitrogen and oxygen atoms in total. The molecule has 0 aromatic carbocycles. The summed E-state index contributed by atoms with van der Waals surface area (Å²) in [6, 6.07) is 9.45. The Kier molecular flexibility index (Phi) is 5.53. The van der Waals surface area contributed by atoms with Gasteiger partial charge < -0.3 is 20.1 Å². The lowest BCUT2D eigenvalue weighted by atomic mass is 9.91. The molecule has 0 bridgehead atoms. The lowest BCUT2D eigenvalue weighted by Crippen LogP contribution is -2.35. The monoisotopic (exact) mass is 485 g/mol. The number of fused-ring (bicyclic) bond motifs is 3. The molecule has 182 valence electrons. The number of hydrogen-bond acceptors (Lipinski definition) is 9. The molecule has 6 rings (SSSR count). The number of aromatic nitrogens is 5. The maximum Gasteiger partial charge on any atom is 0.275 e. The summed E-state index contributed by atoms with van der Waals surface area (Å²) in [5, 5.41) is 6.28. The number of rotatable bonds is 5. The molecule has 1 aliphatic heterocycles. The largest absolute Gasteiger partial charge is 0.481 e. The molecular weight excluding hydrogens is 462 g/mol. The highest BCUT2D eigenvalue weighted by Gasteiger charge is 2.22. The summed E-state index contributed by atoms with van der Waals surface area (Å²) >= 11 is 0. The third kappa shape index (κ3) is 4.13. The van der Waals surface area contributed by atoms with Gasteiger partial charge in [-0.05, 0) is 42.7 Å². The summed E-state index contributed by atoms with van der Waals surface area (Å²) in [6.07, 6.45) is 5.50. The Balaban J connectivity index is 1.20. The number of carbonyl (C=O) groups excluding carboxylic acids is 1. The number of hydrogen-bond donors (Lipinski definition) is 2. The zero-order chi connectivity index (χ0) is 24.6. The molecule has 0 fully saturated rings. The van der Waals surface area contributed by atoms with Gasteiger partial charge in [-0.25, -0.2) is 9.97 Å². The van der Waals surface area contributed by atoms with Gasteiger partial charge in [-0.15, -0.1) is 0 Å². The third-order valence-corrected chi connectivity index (χ3v) is 6.39. The van der Waals surface area contributed by atoms with E-state index in [0.29, 0.717) is 40.8 Å². The number of aryl methyl sites for hydroxylation is 1. The number of amides is 1. The molecule has 0 saturated heterocycles. The average Bonchev–Trinajstić information content (AvgIpc) is 2.91. The fourth-order valence-electron chi connectivity index (χ4n) is 4.58. The normalized spacial score (nSPS) is 16.6. The fourth-order valence-corrected chi connectivity index (χ4v) is 4.58. The minimum Gasteiger partial charge on any atom is -0.481 e. The Morgan fingerprint density at radius 3 is 2.97 bits per heavy atom. The first-order valence-corrected chi connectivity index (χ1v) is 11.6. The van der Waals surface area contributed by atoms with Crippen LogP contribution in [-0.4, -0.2) is 50.2 Å². The van der Waals surface area contributed by atoms with Gasteiger partial charge in [0.25, 0.3) is 11.5 Å². The molecule has 0 saturated carbocycles. The van der Waals surface area contributed by atoms with Gasteiger partial charge in [0.05, 0.1) is 30.9 Å². The van der Waals surface area contributed by atoms with Crippen LogP contribution in [0.25, 0.3) is 16.9 Å². The predicted molar refractivity (Wildman–Crippen MR) is 130 cm³/mol. The number of pyridine rings is 3. The number of methoxy groups -OCH3 is 1. The summed E-state index contributed by atoms with van der Waals surface area (Å²) in [6.45, 7) is 0.576. The topological polar surface area (TPSA) is 133 Å². The van der Waals surface area contributed by atoms with Gasteiger partial charge in [0, 0.05) is 30.8 Å². The highest BCUT2D eigenvalue weighted by atomic mass is 16.5. The first kappa shape index (κ1) is 22.1. The van der Waals surface area contributed by atoms with Crippen LogP contribution in [0.15, 0.2) is 47.5 Å². The molecular formula is C25H23N7O4. The summed E-state index contributed by atoms with van der Waals surface area (Å²) in [5.41, 5.74) is 4.33. The van der Waals surface area contributed by atoms with E-state index in [1.807, 2.05) is 18.2 Å². The van der Waals surface area contributed by atoms with E-state index < -0.39 is 0 Å². The number of ether oxygens (including phenoxy) is 2. The Hall–Kier alpha value is -4.38. The number of carbonyl (C=O) groups is 1.